The molecule has 0 aliphatic rings. The number of benzene rings is 2. The number of rotatable bonds is 5. The molecule has 0 aliphatic heterocycles. The maximum Gasteiger partial charge on any atom is 0.119 e. The van der Waals surface area contributed by atoms with E-state index in [-0.39, 0.29) is 0 Å². The highest BCUT2D eigenvalue weighted by atomic mass is 35.5. The summed E-state index contributed by atoms with van der Waals surface area (Å²) in [6.45, 7) is 2.66. The molecule has 0 spiro atoms. The van der Waals surface area contributed by atoms with Gasteiger partial charge in [0.1, 0.15) is 5.75 Å². The maximum absolute atomic E-state index is 6.14. The average molecular weight is 294 g/mol. The van der Waals surface area contributed by atoms with Crippen LogP contribution in [0, 0.1) is 0 Å². The number of nitrogen functional groups attached to an aromatic ring is 1. The standard InChI is InChI=1S/C15H16ClNOS/c1-2-18-12-8-6-11(7-9-12)10-19-15-13(16)4-3-5-14(15)17/h3-9H,2,10,17H2,1H3. The lowest BCUT2D eigenvalue weighted by molar-refractivity contribution is 0.340. The minimum absolute atomic E-state index is 0.685. The molecule has 100 valence electrons. The molecule has 0 amide bonds. The summed E-state index contributed by atoms with van der Waals surface area (Å²) >= 11 is 7.79. The average Bonchev–Trinajstić information content (AvgIpc) is 2.40. The molecule has 2 rings (SSSR count). The van der Waals surface area contributed by atoms with Gasteiger partial charge in [-0.1, -0.05) is 29.8 Å². The van der Waals surface area contributed by atoms with Crippen molar-refractivity contribution in [2.24, 2.45) is 0 Å². The Hall–Kier alpha value is -1.32. The summed E-state index contributed by atoms with van der Waals surface area (Å²) in [5.41, 5.74) is 7.86. The van der Waals surface area contributed by atoms with Crippen LogP contribution in [-0.2, 0) is 5.75 Å². The van der Waals surface area contributed by atoms with Gasteiger partial charge in [0.05, 0.1) is 11.6 Å². The van der Waals surface area contributed by atoms with E-state index in [0.717, 1.165) is 22.1 Å². The number of halogens is 1. The number of hydrogen-bond donors (Lipinski definition) is 1. The number of ether oxygens (including phenoxy) is 1. The molecule has 0 atom stereocenters. The van der Waals surface area contributed by atoms with Gasteiger partial charge in [-0.25, -0.2) is 0 Å². The first-order valence-corrected chi connectivity index (χ1v) is 7.45. The molecule has 0 unspecified atom stereocenters. The molecule has 2 aromatic rings. The molecule has 19 heavy (non-hydrogen) atoms. The van der Waals surface area contributed by atoms with Crippen LogP contribution in [0.4, 0.5) is 5.69 Å². The predicted molar refractivity (Wildman–Crippen MR) is 83.0 cm³/mol. The van der Waals surface area contributed by atoms with E-state index in [9.17, 15) is 0 Å². The molecule has 0 aromatic heterocycles. The first kappa shape index (κ1) is 14.1. The van der Waals surface area contributed by atoms with Crippen LogP contribution in [0.3, 0.4) is 0 Å². The lowest BCUT2D eigenvalue weighted by Gasteiger charge is -2.08. The quantitative estimate of drug-likeness (QED) is 0.646. The smallest absolute Gasteiger partial charge is 0.119 e. The molecule has 2 N–H and O–H groups in total. The van der Waals surface area contributed by atoms with Gasteiger partial charge in [-0.2, -0.15) is 0 Å². The van der Waals surface area contributed by atoms with Crippen molar-refractivity contribution in [2.75, 3.05) is 12.3 Å². The molecule has 0 radical (unpaired) electrons. The van der Waals surface area contributed by atoms with Gasteiger partial charge in [0.15, 0.2) is 0 Å². The van der Waals surface area contributed by atoms with Crippen molar-refractivity contribution in [1.82, 2.24) is 0 Å². The van der Waals surface area contributed by atoms with Crippen LogP contribution in [0.15, 0.2) is 47.4 Å². The normalized spacial score (nSPS) is 10.4. The zero-order valence-corrected chi connectivity index (χ0v) is 12.3. The van der Waals surface area contributed by atoms with E-state index in [1.807, 2.05) is 37.3 Å². The highest BCUT2D eigenvalue weighted by molar-refractivity contribution is 7.98. The summed E-state index contributed by atoms with van der Waals surface area (Å²) in [5.74, 6) is 1.73. The molecular formula is C15H16ClNOS. The van der Waals surface area contributed by atoms with E-state index in [2.05, 4.69) is 12.1 Å². The molecule has 4 heteroatoms. The van der Waals surface area contributed by atoms with E-state index in [0.29, 0.717) is 11.6 Å². The Bertz CT molecular complexity index is 522. The molecular weight excluding hydrogens is 278 g/mol. The minimum atomic E-state index is 0.685. The fourth-order valence-corrected chi connectivity index (χ4v) is 2.97. The van der Waals surface area contributed by atoms with Crippen molar-refractivity contribution in [2.45, 2.75) is 17.6 Å². The van der Waals surface area contributed by atoms with Crippen LogP contribution < -0.4 is 10.5 Å². The van der Waals surface area contributed by atoms with Crippen molar-refractivity contribution in [3.05, 3.63) is 53.1 Å². The second kappa shape index (κ2) is 6.73. The van der Waals surface area contributed by atoms with Gasteiger partial charge in [-0.15, -0.1) is 11.8 Å². The number of hydrogen-bond acceptors (Lipinski definition) is 3. The van der Waals surface area contributed by atoms with Gasteiger partial charge in [0.2, 0.25) is 0 Å². The van der Waals surface area contributed by atoms with E-state index < -0.39 is 0 Å². The monoisotopic (exact) mass is 293 g/mol. The van der Waals surface area contributed by atoms with Crippen molar-refractivity contribution in [1.29, 1.82) is 0 Å². The van der Waals surface area contributed by atoms with Gasteiger partial charge in [0, 0.05) is 16.3 Å². The number of nitrogens with two attached hydrogens (primary N) is 1. The largest absolute Gasteiger partial charge is 0.494 e. The Kier molecular flexibility index (Phi) is 5.00. The Balaban J connectivity index is 2.02. The second-order valence-corrected chi connectivity index (χ2v) is 5.42. The Morgan fingerprint density at radius 3 is 2.53 bits per heavy atom. The summed E-state index contributed by atoms with van der Waals surface area (Å²) in [5, 5.41) is 0.705. The van der Waals surface area contributed by atoms with Crippen molar-refractivity contribution in [3.8, 4) is 5.75 Å². The molecule has 2 nitrogen and oxygen atoms in total. The highest BCUT2D eigenvalue weighted by Crippen LogP contribution is 2.34. The Labute approximate surface area is 122 Å². The van der Waals surface area contributed by atoms with Gasteiger partial charge < -0.3 is 10.5 Å². The number of anilines is 1. The SMILES string of the molecule is CCOc1ccc(CSc2c(N)cccc2Cl)cc1. The number of thioether (sulfide) groups is 1. The van der Waals surface area contributed by atoms with Crippen molar-refractivity contribution in [3.63, 3.8) is 0 Å². The van der Waals surface area contributed by atoms with E-state index in [1.165, 1.54) is 5.56 Å². The van der Waals surface area contributed by atoms with Crippen LogP contribution in [0.2, 0.25) is 5.02 Å². The maximum atomic E-state index is 6.14. The molecule has 2 aromatic carbocycles. The molecule has 0 aliphatic carbocycles. The van der Waals surface area contributed by atoms with Crippen LogP contribution in [0.25, 0.3) is 0 Å². The van der Waals surface area contributed by atoms with E-state index >= 15 is 0 Å². The third-order valence-electron chi connectivity index (χ3n) is 2.61. The summed E-state index contributed by atoms with van der Waals surface area (Å²) in [6, 6.07) is 13.7. The first-order valence-electron chi connectivity index (χ1n) is 6.09. The fourth-order valence-electron chi connectivity index (χ4n) is 1.68. The lowest BCUT2D eigenvalue weighted by atomic mass is 10.2. The zero-order chi connectivity index (χ0) is 13.7. The highest BCUT2D eigenvalue weighted by Gasteiger charge is 2.05. The van der Waals surface area contributed by atoms with Crippen molar-refractivity contribution >= 4 is 29.1 Å². The Morgan fingerprint density at radius 2 is 1.89 bits per heavy atom. The minimum Gasteiger partial charge on any atom is -0.494 e. The van der Waals surface area contributed by atoms with E-state index in [1.54, 1.807) is 11.8 Å². The summed E-state index contributed by atoms with van der Waals surface area (Å²) in [4.78, 5) is 0.943. The third kappa shape index (κ3) is 3.82. The second-order valence-electron chi connectivity index (χ2n) is 4.02. The summed E-state index contributed by atoms with van der Waals surface area (Å²) in [7, 11) is 0. The molecule has 0 bridgehead atoms. The van der Waals surface area contributed by atoms with Crippen LogP contribution in [-0.4, -0.2) is 6.61 Å². The summed E-state index contributed by atoms with van der Waals surface area (Å²) < 4.78 is 5.41. The van der Waals surface area contributed by atoms with Gasteiger partial charge in [0.25, 0.3) is 0 Å². The third-order valence-corrected chi connectivity index (χ3v) is 4.26. The van der Waals surface area contributed by atoms with Gasteiger partial charge in [-0.3, -0.25) is 0 Å². The van der Waals surface area contributed by atoms with Gasteiger partial charge in [-0.05, 0) is 36.8 Å². The van der Waals surface area contributed by atoms with Crippen molar-refractivity contribution < 1.29 is 4.74 Å². The van der Waals surface area contributed by atoms with Gasteiger partial charge >= 0.3 is 0 Å². The molecule has 0 saturated carbocycles. The topological polar surface area (TPSA) is 35.2 Å². The Morgan fingerprint density at radius 1 is 1.16 bits per heavy atom. The fraction of sp³-hybridized carbons (Fsp3) is 0.200. The van der Waals surface area contributed by atoms with E-state index in [4.69, 9.17) is 22.1 Å². The predicted octanol–water partition coefficient (Wildman–Crippen LogP) is 4.61. The summed E-state index contributed by atoms with van der Waals surface area (Å²) in [6.07, 6.45) is 0. The van der Waals surface area contributed by atoms with Crippen LogP contribution in [0.5, 0.6) is 5.75 Å². The lowest BCUT2D eigenvalue weighted by Crippen LogP contribution is -1.92. The first-order chi connectivity index (χ1) is 9.20. The molecule has 0 saturated heterocycles. The van der Waals surface area contributed by atoms with Crippen LogP contribution >= 0.6 is 23.4 Å². The molecule has 0 heterocycles. The van der Waals surface area contributed by atoms with Crippen LogP contribution in [0.1, 0.15) is 12.5 Å². The zero-order valence-electron chi connectivity index (χ0n) is 10.7. The molecule has 0 fully saturated rings.